The molecule has 2 rings (SSSR count). The molecule has 0 spiro atoms. The third-order valence-electron chi connectivity index (χ3n) is 2.84. The minimum atomic E-state index is -0.162. The van der Waals surface area contributed by atoms with E-state index < -0.39 is 0 Å². The summed E-state index contributed by atoms with van der Waals surface area (Å²) in [4.78, 5) is 4.25. The molecular weight excluding hydrogens is 232 g/mol. The van der Waals surface area contributed by atoms with Gasteiger partial charge in [0.15, 0.2) is 0 Å². The van der Waals surface area contributed by atoms with Gasteiger partial charge < -0.3 is 5.73 Å². The van der Waals surface area contributed by atoms with Crippen LogP contribution in [0.2, 0.25) is 5.02 Å². The molecule has 1 aromatic carbocycles. The molecule has 1 heterocycles. The van der Waals surface area contributed by atoms with Gasteiger partial charge in [0, 0.05) is 6.20 Å². The predicted molar refractivity (Wildman–Crippen MR) is 71.1 cm³/mol. The number of benzene rings is 1. The maximum absolute atomic E-state index is 6.15. The molecule has 2 nitrogen and oxygen atoms in total. The monoisotopic (exact) mass is 246 g/mol. The Balaban J connectivity index is 2.20. The first kappa shape index (κ1) is 12.1. The van der Waals surface area contributed by atoms with Gasteiger partial charge in [-0.3, -0.25) is 4.98 Å². The summed E-state index contributed by atoms with van der Waals surface area (Å²) in [6, 6.07) is 11.7. The minimum absolute atomic E-state index is 0.162. The molecule has 2 aromatic rings. The van der Waals surface area contributed by atoms with E-state index in [0.29, 0.717) is 5.02 Å². The lowest BCUT2D eigenvalue weighted by Gasteiger charge is -2.14. The highest BCUT2D eigenvalue weighted by Crippen LogP contribution is 2.22. The van der Waals surface area contributed by atoms with Crippen LogP contribution in [0.3, 0.4) is 0 Å². The first-order valence-corrected chi connectivity index (χ1v) is 5.97. The third-order valence-corrected chi connectivity index (χ3v) is 3.16. The minimum Gasteiger partial charge on any atom is -0.322 e. The van der Waals surface area contributed by atoms with Crippen LogP contribution in [0.5, 0.6) is 0 Å². The van der Waals surface area contributed by atoms with Crippen molar-refractivity contribution in [2.45, 2.75) is 19.4 Å². The quantitative estimate of drug-likeness (QED) is 0.903. The molecule has 0 saturated carbocycles. The van der Waals surface area contributed by atoms with E-state index in [1.807, 2.05) is 24.3 Å². The molecule has 0 aliphatic heterocycles. The Morgan fingerprint density at radius 2 is 2.00 bits per heavy atom. The number of hydrogen-bond acceptors (Lipinski definition) is 2. The first-order chi connectivity index (χ1) is 8.18. The molecule has 17 heavy (non-hydrogen) atoms. The van der Waals surface area contributed by atoms with Gasteiger partial charge in [-0.05, 0) is 36.6 Å². The van der Waals surface area contributed by atoms with Crippen LogP contribution in [0.15, 0.2) is 42.6 Å². The lowest BCUT2D eigenvalue weighted by atomic mass is 9.99. The van der Waals surface area contributed by atoms with E-state index in [2.05, 4.69) is 24.0 Å². The average molecular weight is 247 g/mol. The van der Waals surface area contributed by atoms with Crippen LogP contribution in [-0.2, 0) is 6.42 Å². The van der Waals surface area contributed by atoms with Gasteiger partial charge in [0.1, 0.15) is 0 Å². The van der Waals surface area contributed by atoms with Crippen molar-refractivity contribution in [3.05, 3.63) is 64.4 Å². The van der Waals surface area contributed by atoms with Crippen molar-refractivity contribution in [3.63, 3.8) is 0 Å². The third kappa shape index (κ3) is 2.84. The van der Waals surface area contributed by atoms with Crippen molar-refractivity contribution in [2.24, 2.45) is 5.73 Å². The molecule has 1 unspecified atom stereocenters. The zero-order valence-electron chi connectivity index (χ0n) is 9.73. The zero-order chi connectivity index (χ0) is 12.3. The normalized spacial score (nSPS) is 12.4. The maximum atomic E-state index is 6.15. The fourth-order valence-electron chi connectivity index (χ4n) is 1.84. The van der Waals surface area contributed by atoms with Crippen LogP contribution in [0, 0.1) is 6.92 Å². The Hall–Kier alpha value is -1.38. The summed E-state index contributed by atoms with van der Waals surface area (Å²) in [5.41, 5.74) is 9.39. The molecular formula is C14H15ClN2. The standard InChI is InChI=1S/C14H15ClN2/c1-10-5-2-3-6-11(10)9-13(16)14-12(15)7-4-8-17-14/h2-8,13H,9,16H2,1H3. The number of aryl methyl sites for hydroxylation is 1. The number of nitrogens with two attached hydrogens (primary N) is 1. The Morgan fingerprint density at radius 3 is 2.71 bits per heavy atom. The second-order valence-electron chi connectivity index (χ2n) is 4.11. The molecule has 0 aliphatic rings. The van der Waals surface area contributed by atoms with Gasteiger partial charge in [-0.2, -0.15) is 0 Å². The SMILES string of the molecule is Cc1ccccc1CC(N)c1ncccc1Cl. The van der Waals surface area contributed by atoms with Gasteiger partial charge in [-0.1, -0.05) is 35.9 Å². The van der Waals surface area contributed by atoms with Crippen LogP contribution in [0.25, 0.3) is 0 Å². The highest BCUT2D eigenvalue weighted by atomic mass is 35.5. The summed E-state index contributed by atoms with van der Waals surface area (Å²) >= 11 is 6.08. The Kier molecular flexibility index (Phi) is 3.77. The molecule has 0 fully saturated rings. The second-order valence-corrected chi connectivity index (χ2v) is 4.51. The fourth-order valence-corrected chi connectivity index (χ4v) is 2.11. The Morgan fingerprint density at radius 1 is 1.24 bits per heavy atom. The lowest BCUT2D eigenvalue weighted by molar-refractivity contribution is 0.694. The number of pyridine rings is 1. The van der Waals surface area contributed by atoms with Crippen molar-refractivity contribution in [2.75, 3.05) is 0 Å². The van der Waals surface area contributed by atoms with Gasteiger partial charge in [0.05, 0.1) is 16.8 Å². The second kappa shape index (κ2) is 5.30. The average Bonchev–Trinajstić information content (AvgIpc) is 2.32. The topological polar surface area (TPSA) is 38.9 Å². The van der Waals surface area contributed by atoms with E-state index in [0.717, 1.165) is 12.1 Å². The highest BCUT2D eigenvalue weighted by Gasteiger charge is 2.12. The van der Waals surface area contributed by atoms with Crippen molar-refractivity contribution >= 4 is 11.6 Å². The summed E-state index contributed by atoms with van der Waals surface area (Å²) in [6.07, 6.45) is 2.47. The molecule has 0 amide bonds. The molecule has 1 aromatic heterocycles. The summed E-state index contributed by atoms with van der Waals surface area (Å²) in [6.45, 7) is 2.09. The van der Waals surface area contributed by atoms with E-state index in [1.54, 1.807) is 6.20 Å². The van der Waals surface area contributed by atoms with Crippen molar-refractivity contribution < 1.29 is 0 Å². The van der Waals surface area contributed by atoms with Gasteiger partial charge in [0.2, 0.25) is 0 Å². The molecule has 1 atom stereocenters. The molecule has 88 valence electrons. The van der Waals surface area contributed by atoms with Crippen molar-refractivity contribution in [1.29, 1.82) is 0 Å². The summed E-state index contributed by atoms with van der Waals surface area (Å²) in [7, 11) is 0. The van der Waals surface area contributed by atoms with E-state index in [4.69, 9.17) is 17.3 Å². The zero-order valence-corrected chi connectivity index (χ0v) is 10.5. The van der Waals surface area contributed by atoms with Crippen LogP contribution in [-0.4, -0.2) is 4.98 Å². The van der Waals surface area contributed by atoms with E-state index in [-0.39, 0.29) is 6.04 Å². The molecule has 3 heteroatoms. The smallest absolute Gasteiger partial charge is 0.0760 e. The number of aromatic nitrogens is 1. The van der Waals surface area contributed by atoms with E-state index in [9.17, 15) is 0 Å². The molecule has 0 saturated heterocycles. The fraction of sp³-hybridized carbons (Fsp3) is 0.214. The summed E-state index contributed by atoms with van der Waals surface area (Å²) < 4.78 is 0. The number of hydrogen-bond donors (Lipinski definition) is 1. The van der Waals surface area contributed by atoms with E-state index in [1.165, 1.54) is 11.1 Å². The number of halogens is 1. The molecule has 0 bridgehead atoms. The molecule has 0 radical (unpaired) electrons. The Bertz CT molecular complexity index is 511. The van der Waals surface area contributed by atoms with Crippen LogP contribution < -0.4 is 5.73 Å². The van der Waals surface area contributed by atoms with Crippen LogP contribution in [0.4, 0.5) is 0 Å². The maximum Gasteiger partial charge on any atom is 0.0760 e. The van der Waals surface area contributed by atoms with Gasteiger partial charge in [-0.25, -0.2) is 0 Å². The molecule has 0 aliphatic carbocycles. The van der Waals surface area contributed by atoms with Crippen molar-refractivity contribution in [3.8, 4) is 0 Å². The molecule has 2 N–H and O–H groups in total. The predicted octanol–water partition coefficient (Wildman–Crippen LogP) is 3.29. The van der Waals surface area contributed by atoms with Crippen molar-refractivity contribution in [1.82, 2.24) is 4.98 Å². The lowest BCUT2D eigenvalue weighted by Crippen LogP contribution is -2.15. The first-order valence-electron chi connectivity index (χ1n) is 5.59. The van der Waals surface area contributed by atoms with Gasteiger partial charge >= 0.3 is 0 Å². The Labute approximate surface area is 106 Å². The van der Waals surface area contributed by atoms with E-state index >= 15 is 0 Å². The largest absolute Gasteiger partial charge is 0.322 e. The summed E-state index contributed by atoms with van der Waals surface area (Å²) in [5, 5.41) is 0.633. The van der Waals surface area contributed by atoms with Gasteiger partial charge in [0.25, 0.3) is 0 Å². The van der Waals surface area contributed by atoms with Gasteiger partial charge in [-0.15, -0.1) is 0 Å². The van der Waals surface area contributed by atoms with Crippen LogP contribution >= 0.6 is 11.6 Å². The highest BCUT2D eigenvalue weighted by molar-refractivity contribution is 6.31. The number of nitrogens with zero attached hydrogens (tertiary/aromatic N) is 1. The summed E-state index contributed by atoms with van der Waals surface area (Å²) in [5.74, 6) is 0. The van der Waals surface area contributed by atoms with Crippen LogP contribution in [0.1, 0.15) is 22.9 Å². The number of rotatable bonds is 3.